The third kappa shape index (κ3) is 31.3. The second-order valence-corrected chi connectivity index (χ2v) is 5.32. The van der Waals surface area contributed by atoms with Crippen LogP contribution in [0.25, 0.3) is 0 Å². The van der Waals surface area contributed by atoms with Crippen LogP contribution in [0.2, 0.25) is 0 Å². The van der Waals surface area contributed by atoms with E-state index in [0.29, 0.717) is 20.7 Å². The summed E-state index contributed by atoms with van der Waals surface area (Å²) in [6, 6.07) is 0.759. The fourth-order valence-electron chi connectivity index (χ4n) is 0.471. The second-order valence-electron chi connectivity index (χ2n) is 3.17. The van der Waals surface area contributed by atoms with E-state index in [1.165, 1.54) is 0 Å². The Morgan fingerprint density at radius 1 is 0.867 bits per heavy atom. The molecule has 0 radical (unpaired) electrons. The van der Waals surface area contributed by atoms with E-state index in [9.17, 15) is 0 Å². The standard InChI is InChI=1S/2C4H9NS2.Zn/c2*1-3(2)5-4(6)7;/h2*3H,1-2H3,(H2,5,6,7);/q;;+2/p-2. The summed E-state index contributed by atoms with van der Waals surface area (Å²) >= 11 is 18.3. The van der Waals surface area contributed by atoms with Crippen LogP contribution < -0.4 is 10.6 Å². The maximum absolute atomic E-state index is 4.58. The molecular formula is C8H16N2S4Zn. The predicted octanol–water partition coefficient (Wildman–Crippen LogP) is 1.63. The van der Waals surface area contributed by atoms with Crippen molar-refractivity contribution in [3.63, 3.8) is 0 Å². The van der Waals surface area contributed by atoms with Gasteiger partial charge in [-0.1, -0.05) is 8.64 Å². The average molecular weight is 334 g/mol. The van der Waals surface area contributed by atoms with E-state index < -0.39 is 0 Å². The molecule has 0 rings (SSSR count). The largest absolute Gasteiger partial charge is 2.00 e. The molecule has 0 aromatic heterocycles. The number of hydrogen-bond acceptors (Lipinski definition) is 4. The first-order chi connectivity index (χ1) is 6.25. The van der Waals surface area contributed by atoms with Gasteiger partial charge in [0, 0.05) is 12.1 Å². The summed E-state index contributed by atoms with van der Waals surface area (Å²) in [7, 11) is 0. The molecule has 0 heterocycles. The summed E-state index contributed by atoms with van der Waals surface area (Å²) < 4.78 is 0.907. The predicted molar refractivity (Wildman–Crippen MR) is 76.5 cm³/mol. The number of rotatable bonds is 2. The molecule has 0 aromatic carbocycles. The van der Waals surface area contributed by atoms with Crippen molar-refractivity contribution in [3.8, 4) is 0 Å². The molecule has 0 aliphatic rings. The normalized spacial score (nSPS) is 8.40. The van der Waals surface area contributed by atoms with E-state index in [0.717, 1.165) is 0 Å². The van der Waals surface area contributed by atoms with E-state index in [-0.39, 0.29) is 19.5 Å². The van der Waals surface area contributed by atoms with Crippen molar-refractivity contribution in [3.05, 3.63) is 0 Å². The Kier molecular flexibility index (Phi) is 18.2. The molecule has 0 aliphatic heterocycles. The van der Waals surface area contributed by atoms with E-state index >= 15 is 0 Å². The van der Waals surface area contributed by atoms with E-state index in [2.05, 4.69) is 60.3 Å². The van der Waals surface area contributed by atoms with Gasteiger partial charge in [0.25, 0.3) is 0 Å². The zero-order valence-corrected chi connectivity index (χ0v) is 15.7. The molecule has 0 atom stereocenters. The van der Waals surface area contributed by atoms with Crippen LogP contribution >= 0.6 is 24.4 Å². The Labute approximate surface area is 127 Å². The Balaban J connectivity index is -0.000000180. The van der Waals surface area contributed by atoms with Crippen LogP contribution in [0.1, 0.15) is 27.7 Å². The van der Waals surface area contributed by atoms with Crippen molar-refractivity contribution in [1.29, 1.82) is 0 Å². The smallest absolute Gasteiger partial charge is 0.412 e. The molecule has 0 aliphatic carbocycles. The minimum Gasteiger partial charge on any atom is -0.412 e. The van der Waals surface area contributed by atoms with Crippen molar-refractivity contribution in [1.82, 2.24) is 10.6 Å². The monoisotopic (exact) mass is 332 g/mol. The summed E-state index contributed by atoms with van der Waals surface area (Å²) in [6.45, 7) is 7.99. The molecule has 0 unspecified atom stereocenters. The Bertz CT molecular complexity index is 165. The van der Waals surface area contributed by atoms with Crippen molar-refractivity contribution in [2.45, 2.75) is 39.8 Å². The van der Waals surface area contributed by atoms with E-state index in [1.54, 1.807) is 0 Å². The van der Waals surface area contributed by atoms with Gasteiger partial charge < -0.3 is 60.3 Å². The number of thiocarbonyl (C=S) groups is 2. The Morgan fingerprint density at radius 3 is 1.07 bits per heavy atom. The Morgan fingerprint density at radius 2 is 1.07 bits per heavy atom. The van der Waals surface area contributed by atoms with Gasteiger partial charge in [-0.15, -0.1) is 0 Å². The number of hydrogen-bond donors (Lipinski definition) is 2. The zero-order chi connectivity index (χ0) is 11.7. The molecule has 0 bridgehead atoms. The minimum absolute atomic E-state index is 0. The third-order valence-corrected chi connectivity index (χ3v) is 1.28. The van der Waals surface area contributed by atoms with Gasteiger partial charge in [-0.05, 0) is 27.7 Å². The molecular weight excluding hydrogens is 318 g/mol. The second kappa shape index (κ2) is 12.9. The fraction of sp³-hybridized carbons (Fsp3) is 0.750. The molecule has 84 valence electrons. The summed E-state index contributed by atoms with van der Waals surface area (Å²) in [5.41, 5.74) is 0. The topological polar surface area (TPSA) is 24.1 Å². The first kappa shape index (κ1) is 21.2. The first-order valence-electron chi connectivity index (χ1n) is 4.20. The first-order valence-corrected chi connectivity index (χ1v) is 5.84. The Hall–Kier alpha value is 0.843. The molecule has 0 saturated carbocycles. The van der Waals surface area contributed by atoms with Crippen molar-refractivity contribution < 1.29 is 19.5 Å². The van der Waals surface area contributed by atoms with Crippen LogP contribution in [-0.4, -0.2) is 20.7 Å². The van der Waals surface area contributed by atoms with Crippen molar-refractivity contribution >= 4 is 58.3 Å². The van der Waals surface area contributed by atoms with Crippen molar-refractivity contribution in [2.75, 3.05) is 0 Å². The van der Waals surface area contributed by atoms with Gasteiger partial charge in [-0.25, -0.2) is 0 Å². The average Bonchev–Trinajstić information content (AvgIpc) is 1.79. The summed E-state index contributed by atoms with van der Waals surface area (Å²) in [5.74, 6) is 0. The van der Waals surface area contributed by atoms with Crippen LogP contribution in [0.4, 0.5) is 0 Å². The van der Waals surface area contributed by atoms with Gasteiger partial charge in [0.2, 0.25) is 0 Å². The fourth-order valence-corrected chi connectivity index (χ4v) is 1.41. The third-order valence-electron chi connectivity index (χ3n) is 0.813. The summed E-state index contributed by atoms with van der Waals surface area (Å²) in [4.78, 5) is 0. The molecule has 0 saturated heterocycles. The quantitative estimate of drug-likeness (QED) is 0.453. The van der Waals surface area contributed by atoms with Crippen LogP contribution in [0, 0.1) is 0 Å². The van der Waals surface area contributed by atoms with Gasteiger partial charge in [0.1, 0.15) is 0 Å². The van der Waals surface area contributed by atoms with Gasteiger partial charge in [-0.2, -0.15) is 0 Å². The maximum atomic E-state index is 4.58. The van der Waals surface area contributed by atoms with Gasteiger partial charge >= 0.3 is 19.5 Å². The molecule has 2 N–H and O–H groups in total. The van der Waals surface area contributed by atoms with Crippen LogP contribution in [0.15, 0.2) is 0 Å². The van der Waals surface area contributed by atoms with E-state index in [4.69, 9.17) is 0 Å². The molecule has 7 heteroatoms. The minimum atomic E-state index is 0. The molecule has 0 amide bonds. The maximum Gasteiger partial charge on any atom is 2.00 e. The van der Waals surface area contributed by atoms with Crippen molar-refractivity contribution in [2.24, 2.45) is 0 Å². The summed E-state index contributed by atoms with van der Waals surface area (Å²) in [6.07, 6.45) is 0. The molecule has 0 aromatic rings. The molecule has 0 fully saturated rings. The molecule has 0 spiro atoms. The van der Waals surface area contributed by atoms with Crippen LogP contribution in [-0.2, 0) is 44.7 Å². The van der Waals surface area contributed by atoms with Gasteiger partial charge in [0.15, 0.2) is 0 Å². The van der Waals surface area contributed by atoms with Crippen LogP contribution in [0.3, 0.4) is 0 Å². The number of nitrogens with one attached hydrogen (secondary N) is 2. The molecule has 15 heavy (non-hydrogen) atoms. The van der Waals surface area contributed by atoms with E-state index in [1.807, 2.05) is 27.7 Å². The summed E-state index contributed by atoms with van der Waals surface area (Å²) in [5, 5.41) is 5.70. The van der Waals surface area contributed by atoms with Crippen LogP contribution in [0.5, 0.6) is 0 Å². The van der Waals surface area contributed by atoms with Gasteiger partial charge in [-0.3, -0.25) is 0 Å². The van der Waals surface area contributed by atoms with Gasteiger partial charge in [0.05, 0.1) is 0 Å². The zero-order valence-electron chi connectivity index (χ0n) is 9.49. The molecule has 2 nitrogen and oxygen atoms in total. The SMILES string of the molecule is CC(C)NC(=S)[S-].CC(C)NC(=S)[S-].[Zn+2].